The van der Waals surface area contributed by atoms with Crippen LogP contribution >= 0.6 is 11.8 Å². The summed E-state index contributed by atoms with van der Waals surface area (Å²) in [4.78, 5) is 11.7. The van der Waals surface area contributed by atoms with Crippen molar-refractivity contribution < 1.29 is 23.1 Å². The number of thioether (sulfide) groups is 1. The average Bonchev–Trinajstić information content (AvgIpc) is 2.83. The first-order valence-electron chi connectivity index (χ1n) is 5.44. The maximum atomic E-state index is 13.3. The van der Waals surface area contributed by atoms with Crippen molar-refractivity contribution in [2.45, 2.75) is 12.0 Å². The third-order valence-electron chi connectivity index (χ3n) is 2.77. The molecule has 1 saturated heterocycles. The molecule has 1 unspecified atom stereocenters. The zero-order chi connectivity index (χ0) is 14.0. The van der Waals surface area contributed by atoms with Gasteiger partial charge < -0.3 is 5.11 Å². The van der Waals surface area contributed by atoms with Crippen LogP contribution in [0.15, 0.2) is 12.1 Å². The number of hydrogen-bond acceptors (Lipinski definition) is 4. The lowest BCUT2D eigenvalue weighted by molar-refractivity contribution is -0.136. The van der Waals surface area contributed by atoms with Crippen LogP contribution < -0.4 is 10.9 Å². The second kappa shape index (κ2) is 5.30. The number of rotatable bonds is 3. The van der Waals surface area contributed by atoms with Crippen molar-refractivity contribution in [1.82, 2.24) is 5.43 Å². The molecule has 1 amide bonds. The Morgan fingerprint density at radius 2 is 2.05 bits per heavy atom. The molecule has 1 aliphatic heterocycles. The fraction of sp³-hybridized carbons (Fsp3) is 0.364. The Labute approximate surface area is 111 Å². The van der Waals surface area contributed by atoms with Gasteiger partial charge in [-0.1, -0.05) is 0 Å². The number of carbonyl (C=O) groups excluding carboxylic acids is 1. The lowest BCUT2D eigenvalue weighted by Crippen LogP contribution is -2.49. The second-order valence-corrected chi connectivity index (χ2v) is 5.24. The highest BCUT2D eigenvalue weighted by Crippen LogP contribution is 2.28. The summed E-state index contributed by atoms with van der Waals surface area (Å²) < 4.78 is 38.9. The van der Waals surface area contributed by atoms with E-state index in [4.69, 9.17) is 0 Å². The molecule has 8 heteroatoms. The number of hydrogen-bond donors (Lipinski definition) is 3. The Bertz CT molecular complexity index is 507. The minimum absolute atomic E-state index is 0.237. The highest BCUT2D eigenvalue weighted by atomic mass is 32.2. The molecule has 1 fully saturated rings. The van der Waals surface area contributed by atoms with Crippen molar-refractivity contribution in [1.29, 1.82) is 0 Å². The summed E-state index contributed by atoms with van der Waals surface area (Å²) >= 11 is 1.42. The first kappa shape index (κ1) is 14.0. The Balaban J connectivity index is 2.03. The summed E-state index contributed by atoms with van der Waals surface area (Å²) in [6.45, 7) is 0. The standard InChI is InChI=1S/C11H11F3N2O2S/c12-6-1-2-7(9(14)8(6)13)15-16-10(17)11(18)3-4-19-5-11/h1-2,15,18H,3-5H2,(H,16,17). The zero-order valence-electron chi connectivity index (χ0n) is 9.67. The maximum Gasteiger partial charge on any atom is 0.271 e. The number of nitrogens with one attached hydrogen (secondary N) is 2. The van der Waals surface area contributed by atoms with Gasteiger partial charge in [0.05, 0.1) is 5.69 Å². The summed E-state index contributed by atoms with van der Waals surface area (Å²) in [5.41, 5.74) is 2.28. The van der Waals surface area contributed by atoms with E-state index >= 15 is 0 Å². The molecule has 3 N–H and O–H groups in total. The van der Waals surface area contributed by atoms with Gasteiger partial charge in [0, 0.05) is 5.75 Å². The topological polar surface area (TPSA) is 61.4 Å². The number of anilines is 1. The van der Waals surface area contributed by atoms with Crippen LogP contribution in [0.1, 0.15) is 6.42 Å². The average molecular weight is 292 g/mol. The van der Waals surface area contributed by atoms with Crippen molar-refractivity contribution >= 4 is 23.4 Å². The van der Waals surface area contributed by atoms with Gasteiger partial charge in [0.25, 0.3) is 5.91 Å². The molecule has 4 nitrogen and oxygen atoms in total. The molecule has 0 aliphatic carbocycles. The van der Waals surface area contributed by atoms with E-state index in [9.17, 15) is 23.1 Å². The van der Waals surface area contributed by atoms with Crippen molar-refractivity contribution in [2.24, 2.45) is 0 Å². The van der Waals surface area contributed by atoms with Gasteiger partial charge in [0.2, 0.25) is 0 Å². The second-order valence-electron chi connectivity index (χ2n) is 4.14. The summed E-state index contributed by atoms with van der Waals surface area (Å²) in [6.07, 6.45) is 0.283. The molecular weight excluding hydrogens is 281 g/mol. The molecule has 1 aromatic rings. The Morgan fingerprint density at radius 1 is 1.32 bits per heavy atom. The van der Waals surface area contributed by atoms with E-state index in [1.54, 1.807) is 0 Å². The number of hydrazine groups is 1. The van der Waals surface area contributed by atoms with E-state index in [1.807, 2.05) is 0 Å². The third kappa shape index (κ3) is 2.79. The molecule has 19 heavy (non-hydrogen) atoms. The van der Waals surface area contributed by atoms with Crippen LogP contribution in [0.5, 0.6) is 0 Å². The van der Waals surface area contributed by atoms with E-state index in [-0.39, 0.29) is 12.2 Å². The van der Waals surface area contributed by atoms with Crippen molar-refractivity contribution in [3.05, 3.63) is 29.6 Å². The normalized spacial score (nSPS) is 22.3. The Kier molecular flexibility index (Phi) is 3.91. The van der Waals surface area contributed by atoms with E-state index in [0.29, 0.717) is 5.75 Å². The summed E-state index contributed by atoms with van der Waals surface area (Å²) in [5, 5.41) is 9.91. The molecule has 104 valence electrons. The van der Waals surface area contributed by atoms with Crippen LogP contribution in [0.2, 0.25) is 0 Å². The lowest BCUT2D eigenvalue weighted by Gasteiger charge is -2.20. The number of carbonyl (C=O) groups is 1. The van der Waals surface area contributed by atoms with Gasteiger partial charge in [-0.25, -0.2) is 13.2 Å². The monoisotopic (exact) mass is 292 g/mol. The highest BCUT2D eigenvalue weighted by molar-refractivity contribution is 7.99. The molecule has 0 bridgehead atoms. The first-order valence-corrected chi connectivity index (χ1v) is 6.59. The van der Waals surface area contributed by atoms with Crippen molar-refractivity contribution in [3.8, 4) is 0 Å². The fourth-order valence-electron chi connectivity index (χ4n) is 1.60. The number of amides is 1. The molecule has 0 spiro atoms. The van der Waals surface area contributed by atoms with Crippen LogP contribution in [-0.4, -0.2) is 28.1 Å². The Morgan fingerprint density at radius 3 is 2.68 bits per heavy atom. The van der Waals surface area contributed by atoms with Gasteiger partial charge in [-0.15, -0.1) is 0 Å². The van der Waals surface area contributed by atoms with E-state index in [0.717, 1.165) is 12.1 Å². The molecule has 1 aliphatic rings. The molecular formula is C11H11F3N2O2S. The highest BCUT2D eigenvalue weighted by Gasteiger charge is 2.39. The SMILES string of the molecule is O=C(NNc1ccc(F)c(F)c1F)C1(O)CCSC1. The van der Waals surface area contributed by atoms with Gasteiger partial charge in [0.1, 0.15) is 0 Å². The summed E-state index contributed by atoms with van der Waals surface area (Å²) in [5.74, 6) is -4.24. The van der Waals surface area contributed by atoms with Crippen LogP contribution in [0.4, 0.5) is 18.9 Å². The van der Waals surface area contributed by atoms with Crippen LogP contribution in [0.25, 0.3) is 0 Å². The van der Waals surface area contributed by atoms with E-state index in [1.165, 1.54) is 11.8 Å². The predicted molar refractivity (Wildman–Crippen MR) is 65.0 cm³/mol. The molecule has 0 radical (unpaired) electrons. The van der Waals surface area contributed by atoms with Gasteiger partial charge in [-0.05, 0) is 24.3 Å². The minimum Gasteiger partial charge on any atom is -0.379 e. The van der Waals surface area contributed by atoms with Crippen LogP contribution in [-0.2, 0) is 4.79 Å². The predicted octanol–water partition coefficient (Wildman–Crippen LogP) is 1.42. The molecule has 1 aromatic carbocycles. The number of halogens is 3. The fourth-order valence-corrected chi connectivity index (χ4v) is 2.84. The Hall–Kier alpha value is -1.41. The third-order valence-corrected chi connectivity index (χ3v) is 3.94. The van der Waals surface area contributed by atoms with Crippen LogP contribution in [0, 0.1) is 17.5 Å². The van der Waals surface area contributed by atoms with Crippen LogP contribution in [0.3, 0.4) is 0 Å². The lowest BCUT2D eigenvalue weighted by atomic mass is 10.0. The number of benzene rings is 1. The largest absolute Gasteiger partial charge is 0.379 e. The molecule has 1 atom stereocenters. The quantitative estimate of drug-likeness (QED) is 0.582. The van der Waals surface area contributed by atoms with Gasteiger partial charge in [-0.3, -0.25) is 15.6 Å². The minimum atomic E-state index is -1.63. The molecule has 2 rings (SSSR count). The molecule has 1 heterocycles. The molecule has 0 saturated carbocycles. The van der Waals surface area contributed by atoms with E-state index in [2.05, 4.69) is 10.9 Å². The molecule has 0 aromatic heterocycles. The van der Waals surface area contributed by atoms with Crippen molar-refractivity contribution in [3.63, 3.8) is 0 Å². The van der Waals surface area contributed by atoms with Gasteiger partial charge in [-0.2, -0.15) is 11.8 Å². The van der Waals surface area contributed by atoms with Gasteiger partial charge in [0.15, 0.2) is 23.1 Å². The van der Waals surface area contributed by atoms with E-state index < -0.39 is 34.6 Å². The summed E-state index contributed by atoms with van der Waals surface area (Å²) in [6, 6.07) is 1.68. The smallest absolute Gasteiger partial charge is 0.271 e. The zero-order valence-corrected chi connectivity index (χ0v) is 10.5. The number of aliphatic hydroxyl groups is 1. The first-order chi connectivity index (χ1) is 8.94. The maximum absolute atomic E-state index is 13.3. The summed E-state index contributed by atoms with van der Waals surface area (Å²) in [7, 11) is 0. The van der Waals surface area contributed by atoms with Crippen molar-refractivity contribution in [2.75, 3.05) is 16.9 Å². The van der Waals surface area contributed by atoms with Gasteiger partial charge >= 0.3 is 0 Å².